The van der Waals surface area contributed by atoms with Crippen LogP contribution in [0.3, 0.4) is 0 Å². The third-order valence-corrected chi connectivity index (χ3v) is 2.89. The summed E-state index contributed by atoms with van der Waals surface area (Å²) in [4.78, 5) is 26.7. The van der Waals surface area contributed by atoms with E-state index in [2.05, 4.69) is 9.68 Å². The molecule has 92 valence electrons. The first-order valence-electron chi connectivity index (χ1n) is 5.63. The van der Waals surface area contributed by atoms with E-state index in [0.717, 1.165) is 6.42 Å². The van der Waals surface area contributed by atoms with E-state index in [1.54, 1.807) is 22.8 Å². The van der Waals surface area contributed by atoms with E-state index in [-0.39, 0.29) is 11.8 Å². The molecule has 1 aliphatic rings. The maximum atomic E-state index is 12.0. The van der Waals surface area contributed by atoms with Crippen molar-refractivity contribution < 1.29 is 14.1 Å². The van der Waals surface area contributed by atoms with Gasteiger partial charge in [-0.2, -0.15) is 0 Å². The van der Waals surface area contributed by atoms with E-state index in [4.69, 9.17) is 0 Å². The highest BCUT2D eigenvalue weighted by Gasteiger charge is 2.22. The minimum Gasteiger partial charge on any atom is -0.364 e. The van der Waals surface area contributed by atoms with Crippen LogP contribution in [-0.2, 0) is 4.79 Å². The van der Waals surface area contributed by atoms with Gasteiger partial charge in [0.2, 0.25) is 5.91 Å². The zero-order valence-corrected chi connectivity index (χ0v) is 9.76. The summed E-state index contributed by atoms with van der Waals surface area (Å²) in [6, 6.07) is 1.55. The summed E-state index contributed by atoms with van der Waals surface area (Å²) in [7, 11) is 0. The molecule has 1 saturated heterocycles. The molecule has 1 aromatic heterocycles. The summed E-state index contributed by atoms with van der Waals surface area (Å²) in [5, 5.41) is 3.63. The van der Waals surface area contributed by atoms with Crippen molar-refractivity contribution in [2.45, 2.75) is 13.3 Å². The Labute approximate surface area is 99.2 Å². The highest BCUT2D eigenvalue weighted by Crippen LogP contribution is 2.07. The molecule has 0 aliphatic carbocycles. The van der Waals surface area contributed by atoms with Gasteiger partial charge in [-0.05, 0) is 6.42 Å². The molecule has 1 aliphatic heterocycles. The Hall–Kier alpha value is -1.85. The molecule has 0 radical (unpaired) electrons. The topological polar surface area (TPSA) is 66.7 Å². The molecule has 2 amide bonds. The second kappa shape index (κ2) is 4.99. The standard InChI is InChI=1S/C11H15N3O3/c1-9(15)13-4-2-5-14(7-6-13)11(16)10-3-8-17-12-10/h3,8H,2,4-7H2,1H3. The maximum absolute atomic E-state index is 12.0. The Morgan fingerprint density at radius 1 is 1.24 bits per heavy atom. The molecule has 0 N–H and O–H groups in total. The van der Waals surface area contributed by atoms with E-state index >= 15 is 0 Å². The SMILES string of the molecule is CC(=O)N1CCCN(C(=O)c2ccon2)CC1. The average molecular weight is 237 g/mol. The number of hydrogen-bond donors (Lipinski definition) is 0. The van der Waals surface area contributed by atoms with Gasteiger partial charge in [0.05, 0.1) is 0 Å². The van der Waals surface area contributed by atoms with Gasteiger partial charge in [-0.1, -0.05) is 5.16 Å². The minimum atomic E-state index is -0.135. The lowest BCUT2D eigenvalue weighted by Gasteiger charge is -2.20. The number of carbonyl (C=O) groups is 2. The smallest absolute Gasteiger partial charge is 0.276 e. The molecular weight excluding hydrogens is 222 g/mol. The average Bonchev–Trinajstić information content (AvgIpc) is 2.71. The predicted molar refractivity (Wildman–Crippen MR) is 59.3 cm³/mol. The normalized spacial score (nSPS) is 16.8. The Bertz CT molecular complexity index is 402. The molecule has 6 nitrogen and oxygen atoms in total. The van der Waals surface area contributed by atoms with Crippen LogP contribution in [0.15, 0.2) is 16.9 Å². The van der Waals surface area contributed by atoms with Crippen LogP contribution in [0.25, 0.3) is 0 Å². The van der Waals surface area contributed by atoms with Crippen LogP contribution in [0.5, 0.6) is 0 Å². The van der Waals surface area contributed by atoms with Crippen LogP contribution in [0.2, 0.25) is 0 Å². The van der Waals surface area contributed by atoms with Crippen molar-refractivity contribution in [3.63, 3.8) is 0 Å². The van der Waals surface area contributed by atoms with Crippen molar-refractivity contribution in [1.29, 1.82) is 0 Å². The maximum Gasteiger partial charge on any atom is 0.276 e. The Morgan fingerprint density at radius 3 is 2.59 bits per heavy atom. The first-order chi connectivity index (χ1) is 8.18. The fourth-order valence-electron chi connectivity index (χ4n) is 1.92. The van der Waals surface area contributed by atoms with Gasteiger partial charge in [0.15, 0.2) is 5.69 Å². The second-order valence-electron chi connectivity index (χ2n) is 4.04. The van der Waals surface area contributed by atoms with E-state index < -0.39 is 0 Å². The van der Waals surface area contributed by atoms with Crippen molar-refractivity contribution in [3.8, 4) is 0 Å². The molecule has 0 atom stereocenters. The highest BCUT2D eigenvalue weighted by molar-refractivity contribution is 5.92. The van der Waals surface area contributed by atoms with Crippen molar-refractivity contribution in [2.75, 3.05) is 26.2 Å². The molecule has 17 heavy (non-hydrogen) atoms. The molecule has 0 unspecified atom stereocenters. The summed E-state index contributed by atoms with van der Waals surface area (Å²) in [5.74, 6) is -0.0788. The van der Waals surface area contributed by atoms with E-state index in [9.17, 15) is 9.59 Å². The fraction of sp³-hybridized carbons (Fsp3) is 0.545. The molecule has 0 spiro atoms. The first-order valence-corrected chi connectivity index (χ1v) is 5.63. The summed E-state index contributed by atoms with van der Waals surface area (Å²) in [5.41, 5.74) is 0.321. The van der Waals surface area contributed by atoms with E-state index in [0.29, 0.717) is 31.9 Å². The summed E-state index contributed by atoms with van der Waals surface area (Å²) in [6.45, 7) is 4.03. The Balaban J connectivity index is 1.99. The molecular formula is C11H15N3O3. The van der Waals surface area contributed by atoms with Crippen molar-refractivity contribution in [1.82, 2.24) is 15.0 Å². The third-order valence-electron chi connectivity index (χ3n) is 2.89. The Morgan fingerprint density at radius 2 is 1.94 bits per heavy atom. The molecule has 2 heterocycles. The van der Waals surface area contributed by atoms with Crippen molar-refractivity contribution in [3.05, 3.63) is 18.0 Å². The number of carbonyl (C=O) groups excluding carboxylic acids is 2. The van der Waals surface area contributed by atoms with Gasteiger partial charge in [0, 0.05) is 39.2 Å². The molecule has 0 aromatic carbocycles. The molecule has 2 rings (SSSR count). The lowest BCUT2D eigenvalue weighted by molar-refractivity contribution is -0.128. The molecule has 1 fully saturated rings. The summed E-state index contributed by atoms with van der Waals surface area (Å²) in [6.07, 6.45) is 2.18. The molecule has 0 bridgehead atoms. The Kier molecular flexibility index (Phi) is 3.41. The van der Waals surface area contributed by atoms with Gasteiger partial charge >= 0.3 is 0 Å². The van der Waals surface area contributed by atoms with Gasteiger partial charge in [0.25, 0.3) is 5.91 Å². The van der Waals surface area contributed by atoms with Gasteiger partial charge in [0.1, 0.15) is 6.26 Å². The minimum absolute atomic E-state index is 0.0562. The van der Waals surface area contributed by atoms with Crippen LogP contribution in [0.1, 0.15) is 23.8 Å². The van der Waals surface area contributed by atoms with Crippen LogP contribution >= 0.6 is 0 Å². The van der Waals surface area contributed by atoms with Gasteiger partial charge in [-0.3, -0.25) is 9.59 Å². The lowest BCUT2D eigenvalue weighted by Crippen LogP contribution is -2.36. The van der Waals surface area contributed by atoms with Crippen LogP contribution in [0.4, 0.5) is 0 Å². The summed E-state index contributed by atoms with van der Waals surface area (Å²) < 4.78 is 4.66. The predicted octanol–water partition coefficient (Wildman–Crippen LogP) is 0.369. The second-order valence-corrected chi connectivity index (χ2v) is 4.04. The summed E-state index contributed by atoms with van der Waals surface area (Å²) >= 11 is 0. The van der Waals surface area contributed by atoms with E-state index in [1.165, 1.54) is 6.26 Å². The van der Waals surface area contributed by atoms with Crippen molar-refractivity contribution >= 4 is 11.8 Å². The van der Waals surface area contributed by atoms with Gasteiger partial charge in [-0.15, -0.1) is 0 Å². The monoisotopic (exact) mass is 237 g/mol. The van der Waals surface area contributed by atoms with Crippen molar-refractivity contribution in [2.24, 2.45) is 0 Å². The number of aromatic nitrogens is 1. The van der Waals surface area contributed by atoms with E-state index in [1.807, 2.05) is 0 Å². The lowest BCUT2D eigenvalue weighted by atomic mass is 10.3. The zero-order chi connectivity index (χ0) is 12.3. The first kappa shape index (κ1) is 11.6. The largest absolute Gasteiger partial charge is 0.364 e. The molecule has 6 heteroatoms. The third kappa shape index (κ3) is 2.64. The quantitative estimate of drug-likeness (QED) is 0.707. The molecule has 1 aromatic rings. The van der Waals surface area contributed by atoms with Crippen LogP contribution < -0.4 is 0 Å². The fourth-order valence-corrected chi connectivity index (χ4v) is 1.92. The number of amides is 2. The van der Waals surface area contributed by atoms with Gasteiger partial charge < -0.3 is 14.3 Å². The van der Waals surface area contributed by atoms with Gasteiger partial charge in [-0.25, -0.2) is 0 Å². The zero-order valence-electron chi connectivity index (χ0n) is 9.76. The number of rotatable bonds is 1. The number of hydrogen-bond acceptors (Lipinski definition) is 4. The number of nitrogens with zero attached hydrogens (tertiary/aromatic N) is 3. The van der Waals surface area contributed by atoms with Crippen LogP contribution in [0, 0.1) is 0 Å². The highest BCUT2D eigenvalue weighted by atomic mass is 16.5. The van der Waals surface area contributed by atoms with Crippen LogP contribution in [-0.4, -0.2) is 52.9 Å². The molecule has 0 saturated carbocycles.